The van der Waals surface area contributed by atoms with Gasteiger partial charge in [0.1, 0.15) is 6.04 Å². The molecule has 4 aliphatic rings. The fraction of sp³-hybridized carbons (Fsp3) is 0.690. The zero-order valence-corrected chi connectivity index (χ0v) is 22.8. The maximum Gasteiger partial charge on any atom is 0.244 e. The van der Waals surface area contributed by atoms with E-state index >= 15 is 0 Å². The number of nitrogens with zero attached hydrogens (tertiary/aromatic N) is 1. The maximum absolute atomic E-state index is 14.2. The van der Waals surface area contributed by atoms with Gasteiger partial charge >= 0.3 is 0 Å². The van der Waals surface area contributed by atoms with E-state index in [1.807, 2.05) is 44.2 Å². The van der Waals surface area contributed by atoms with E-state index in [2.05, 4.69) is 10.6 Å². The van der Waals surface area contributed by atoms with Gasteiger partial charge in [-0.2, -0.15) is 0 Å². The second-order valence-corrected chi connectivity index (χ2v) is 13.1. The Labute approximate surface area is 224 Å². The van der Waals surface area contributed by atoms with Crippen molar-refractivity contribution in [2.75, 3.05) is 6.61 Å². The number of likely N-dealkylation sites (tertiary alicyclic amines) is 1. The summed E-state index contributed by atoms with van der Waals surface area (Å²) in [4.78, 5) is 43.5. The molecule has 3 heterocycles. The Morgan fingerprint density at radius 2 is 1.86 bits per heavy atom. The molecule has 1 spiro atoms. The van der Waals surface area contributed by atoms with Crippen LogP contribution in [0.4, 0.5) is 0 Å². The Hall–Kier alpha value is -2.06. The number of thioether (sulfide) groups is 1. The minimum absolute atomic E-state index is 0.0352. The third kappa shape index (κ3) is 4.69. The van der Waals surface area contributed by atoms with E-state index in [1.165, 1.54) is 6.42 Å². The Balaban J connectivity index is 1.44. The molecule has 0 radical (unpaired) electrons. The molecule has 3 aliphatic heterocycles. The van der Waals surface area contributed by atoms with Gasteiger partial charge in [0.2, 0.25) is 17.7 Å². The van der Waals surface area contributed by atoms with Gasteiger partial charge in [0, 0.05) is 17.8 Å². The molecule has 1 aromatic rings. The molecule has 37 heavy (non-hydrogen) atoms. The first-order chi connectivity index (χ1) is 17.9. The molecule has 3 saturated heterocycles. The van der Waals surface area contributed by atoms with Crippen LogP contribution in [-0.4, -0.2) is 62.5 Å². The van der Waals surface area contributed by atoms with E-state index in [1.54, 1.807) is 16.7 Å². The average Bonchev–Trinajstić information content (AvgIpc) is 3.56. The molecule has 8 heteroatoms. The summed E-state index contributed by atoms with van der Waals surface area (Å²) in [7, 11) is 0. The molecular formula is C29H41N3O4S. The minimum Gasteiger partial charge on any atom is -0.394 e. The number of aliphatic hydroxyl groups excluding tert-OH is 1. The van der Waals surface area contributed by atoms with E-state index in [0.29, 0.717) is 6.54 Å². The third-order valence-electron chi connectivity index (χ3n) is 9.40. The van der Waals surface area contributed by atoms with E-state index in [0.717, 1.165) is 50.5 Å². The fourth-order valence-electron chi connectivity index (χ4n) is 7.29. The van der Waals surface area contributed by atoms with Crippen molar-refractivity contribution in [1.82, 2.24) is 15.5 Å². The van der Waals surface area contributed by atoms with Crippen LogP contribution in [0.15, 0.2) is 30.3 Å². The Kier molecular flexibility index (Phi) is 7.87. The summed E-state index contributed by atoms with van der Waals surface area (Å²) in [6, 6.07) is 8.84. The third-order valence-corrected chi connectivity index (χ3v) is 11.3. The van der Waals surface area contributed by atoms with Crippen LogP contribution in [-0.2, 0) is 20.9 Å². The number of amides is 3. The second kappa shape index (κ2) is 11.0. The van der Waals surface area contributed by atoms with Crippen molar-refractivity contribution in [2.45, 2.75) is 99.9 Å². The first-order valence-corrected chi connectivity index (χ1v) is 15.0. The fourth-order valence-corrected chi connectivity index (χ4v) is 9.50. The highest BCUT2D eigenvalue weighted by atomic mass is 32.2. The molecule has 1 aliphatic carbocycles. The van der Waals surface area contributed by atoms with Crippen molar-refractivity contribution >= 4 is 29.5 Å². The first-order valence-electron chi connectivity index (χ1n) is 14.1. The monoisotopic (exact) mass is 527 g/mol. The van der Waals surface area contributed by atoms with Gasteiger partial charge in [-0.15, -0.1) is 11.8 Å². The number of carbonyl (C=O) groups is 3. The van der Waals surface area contributed by atoms with Crippen molar-refractivity contribution in [1.29, 1.82) is 0 Å². The van der Waals surface area contributed by atoms with Crippen molar-refractivity contribution in [3.8, 4) is 0 Å². The summed E-state index contributed by atoms with van der Waals surface area (Å²) in [5, 5.41) is 16.9. The van der Waals surface area contributed by atoms with Crippen LogP contribution in [0.3, 0.4) is 0 Å². The number of hydrogen-bond donors (Lipinski definition) is 3. The molecular weight excluding hydrogens is 486 g/mol. The van der Waals surface area contributed by atoms with Gasteiger partial charge in [-0.05, 0) is 37.2 Å². The molecule has 2 unspecified atom stereocenters. The van der Waals surface area contributed by atoms with Gasteiger partial charge in [0.05, 0.1) is 29.2 Å². The molecule has 202 valence electrons. The lowest BCUT2D eigenvalue weighted by Crippen LogP contribution is -2.59. The molecule has 7 nitrogen and oxygen atoms in total. The largest absolute Gasteiger partial charge is 0.394 e. The normalized spacial score (nSPS) is 32.7. The van der Waals surface area contributed by atoms with Crippen molar-refractivity contribution in [2.24, 2.45) is 17.8 Å². The highest BCUT2D eigenvalue weighted by molar-refractivity contribution is 8.02. The molecule has 5 rings (SSSR count). The van der Waals surface area contributed by atoms with Crippen LogP contribution in [0.25, 0.3) is 0 Å². The Bertz CT molecular complexity index is 1000. The summed E-state index contributed by atoms with van der Waals surface area (Å²) < 4.78 is -0.615. The lowest BCUT2D eigenvalue weighted by Gasteiger charge is -2.40. The van der Waals surface area contributed by atoms with Gasteiger partial charge < -0.3 is 20.6 Å². The van der Waals surface area contributed by atoms with Gasteiger partial charge in [0.25, 0.3) is 0 Å². The quantitative estimate of drug-likeness (QED) is 0.458. The number of fused-ring (bicyclic) bond motifs is 1. The van der Waals surface area contributed by atoms with Crippen LogP contribution >= 0.6 is 11.8 Å². The average molecular weight is 528 g/mol. The van der Waals surface area contributed by atoms with Crippen molar-refractivity contribution < 1.29 is 19.5 Å². The summed E-state index contributed by atoms with van der Waals surface area (Å²) in [6.45, 7) is 4.31. The number of nitrogens with one attached hydrogen (secondary N) is 2. The highest BCUT2D eigenvalue weighted by Gasteiger charge is 2.74. The van der Waals surface area contributed by atoms with E-state index in [4.69, 9.17) is 0 Å². The first kappa shape index (κ1) is 26.5. The lowest BCUT2D eigenvalue weighted by atomic mass is 9.70. The number of hydrogen-bond acceptors (Lipinski definition) is 5. The van der Waals surface area contributed by atoms with Gasteiger partial charge in [-0.3, -0.25) is 14.4 Å². The van der Waals surface area contributed by atoms with Crippen LogP contribution in [0, 0.1) is 17.8 Å². The van der Waals surface area contributed by atoms with Crippen LogP contribution in [0.2, 0.25) is 0 Å². The SMILES string of the molecule is CC[C@H](C)[C@H](CO)N1C(=O)[C@@H]2[C@H](C(=O)NCc3ccccc3)[C@@H]3CCC2(S3)C1C(=O)NC1CCCCC1. The number of carbonyl (C=O) groups excluding carboxylic acids is 3. The van der Waals surface area contributed by atoms with E-state index in [-0.39, 0.29) is 41.5 Å². The van der Waals surface area contributed by atoms with Crippen LogP contribution < -0.4 is 10.6 Å². The minimum atomic E-state index is -0.653. The predicted molar refractivity (Wildman–Crippen MR) is 145 cm³/mol. The van der Waals surface area contributed by atoms with Gasteiger partial charge in [-0.25, -0.2) is 0 Å². The molecule has 3 N–H and O–H groups in total. The lowest BCUT2D eigenvalue weighted by molar-refractivity contribution is -0.144. The van der Waals surface area contributed by atoms with E-state index < -0.39 is 28.7 Å². The molecule has 1 aromatic carbocycles. The van der Waals surface area contributed by atoms with E-state index in [9.17, 15) is 19.5 Å². The molecule has 7 atom stereocenters. The molecule has 2 bridgehead atoms. The summed E-state index contributed by atoms with van der Waals surface area (Å²) in [5.41, 5.74) is 1.02. The van der Waals surface area contributed by atoms with Crippen LogP contribution in [0.5, 0.6) is 0 Å². The van der Waals surface area contributed by atoms with Crippen molar-refractivity contribution in [3.63, 3.8) is 0 Å². The number of aliphatic hydroxyl groups is 1. The molecule has 0 aromatic heterocycles. The van der Waals surface area contributed by atoms with Crippen molar-refractivity contribution in [3.05, 3.63) is 35.9 Å². The Morgan fingerprint density at radius 1 is 1.14 bits per heavy atom. The summed E-state index contributed by atoms with van der Waals surface area (Å²) in [5.74, 6) is -1.27. The number of rotatable bonds is 9. The second-order valence-electron chi connectivity index (χ2n) is 11.5. The highest BCUT2D eigenvalue weighted by Crippen LogP contribution is 2.66. The zero-order valence-electron chi connectivity index (χ0n) is 22.0. The van der Waals surface area contributed by atoms with Gasteiger partial charge in [0.15, 0.2) is 0 Å². The maximum atomic E-state index is 14.2. The molecule has 4 fully saturated rings. The molecule has 1 saturated carbocycles. The number of benzene rings is 1. The smallest absolute Gasteiger partial charge is 0.244 e. The van der Waals surface area contributed by atoms with Gasteiger partial charge in [-0.1, -0.05) is 69.9 Å². The topological polar surface area (TPSA) is 98.7 Å². The Morgan fingerprint density at radius 3 is 2.54 bits per heavy atom. The standard InChI is InChI=1S/C29H41N3O4S/c1-3-18(2)21(17-33)32-25(27(35)31-20-12-8-5-9-13-20)29-15-14-22(37-29)23(24(29)28(32)36)26(34)30-16-19-10-6-4-7-11-19/h4,6-7,10-11,18,20-25,33H,3,5,8-9,12-17H2,1-2H3,(H,30,34)(H,31,35)/t18-,21-,22-,23+,24-,25?,29?/m0/s1. The molecule has 3 amide bonds. The summed E-state index contributed by atoms with van der Waals surface area (Å²) >= 11 is 1.70. The zero-order chi connectivity index (χ0) is 26.2. The summed E-state index contributed by atoms with van der Waals surface area (Å²) in [6.07, 6.45) is 7.73. The van der Waals surface area contributed by atoms with Crippen LogP contribution in [0.1, 0.15) is 70.8 Å². The predicted octanol–water partition coefficient (Wildman–Crippen LogP) is 3.25.